The molecule has 5 nitrogen and oxygen atoms in total. The molecule has 17 heavy (non-hydrogen) atoms. The summed E-state index contributed by atoms with van der Waals surface area (Å²) < 4.78 is 0. The number of aromatic amines is 1. The molecule has 0 bridgehead atoms. The van der Waals surface area contributed by atoms with Gasteiger partial charge >= 0.3 is 0 Å². The van der Waals surface area contributed by atoms with Crippen molar-refractivity contribution < 1.29 is 14.7 Å². The molecule has 1 aromatic rings. The van der Waals surface area contributed by atoms with E-state index in [1.165, 1.54) is 13.0 Å². The number of carbonyl (C=O) groups excluding carboxylic acids is 2. The van der Waals surface area contributed by atoms with Crippen molar-refractivity contribution in [3.8, 4) is 0 Å². The predicted octanol–water partition coefficient (Wildman–Crippen LogP) is -0.253. The summed E-state index contributed by atoms with van der Waals surface area (Å²) >= 11 is 0. The molecule has 1 unspecified atom stereocenters. The summed E-state index contributed by atoms with van der Waals surface area (Å²) in [6.45, 7) is 1.42. The minimum absolute atomic E-state index is 0.106. The number of aryl methyl sites for hydroxylation is 1. The van der Waals surface area contributed by atoms with Crippen LogP contribution in [0.3, 0.4) is 0 Å². The van der Waals surface area contributed by atoms with Gasteiger partial charge in [0, 0.05) is 35.6 Å². The molecule has 1 N–H and O–H groups in total. The fourth-order valence-corrected chi connectivity index (χ4v) is 2.17. The lowest BCUT2D eigenvalue weighted by atomic mass is 9.86. The lowest BCUT2D eigenvalue weighted by Gasteiger charge is -2.21. The smallest absolute Gasteiger partial charge is 0.248 e. The van der Waals surface area contributed by atoms with Crippen LogP contribution in [0.4, 0.5) is 0 Å². The number of nitrogens with one attached hydrogen (secondary N) is 1. The monoisotopic (exact) mass is 234 g/mol. The van der Waals surface area contributed by atoms with Gasteiger partial charge in [-0.25, -0.2) is 0 Å². The Morgan fingerprint density at radius 2 is 2.12 bits per heavy atom. The molecule has 1 aliphatic carbocycles. The second-order valence-corrected chi connectivity index (χ2v) is 4.26. The average Bonchev–Trinajstić information content (AvgIpc) is 2.26. The lowest BCUT2D eigenvalue weighted by Crippen LogP contribution is -2.31. The molecule has 0 saturated heterocycles. The third-order valence-electron chi connectivity index (χ3n) is 3.08. The van der Waals surface area contributed by atoms with Gasteiger partial charge in [0.05, 0.1) is 0 Å². The first-order valence-electron chi connectivity index (χ1n) is 5.51. The Morgan fingerprint density at radius 3 is 2.76 bits per heavy atom. The Hall–Kier alpha value is -1.91. The van der Waals surface area contributed by atoms with Crippen molar-refractivity contribution >= 4 is 11.8 Å². The number of aliphatic carboxylic acids is 1. The summed E-state index contributed by atoms with van der Waals surface area (Å²) in [4.78, 5) is 36.7. The van der Waals surface area contributed by atoms with Crippen molar-refractivity contribution in [3.63, 3.8) is 0 Å². The molecule has 1 aromatic heterocycles. The van der Waals surface area contributed by atoms with Crippen molar-refractivity contribution in [2.45, 2.75) is 32.1 Å². The Balaban J connectivity index is 2.66. The van der Waals surface area contributed by atoms with E-state index in [2.05, 4.69) is 4.98 Å². The van der Waals surface area contributed by atoms with Gasteiger partial charge < -0.3 is 14.9 Å². The average molecular weight is 234 g/mol. The van der Waals surface area contributed by atoms with E-state index >= 15 is 0 Å². The van der Waals surface area contributed by atoms with Crippen molar-refractivity contribution in [1.82, 2.24) is 4.98 Å². The third kappa shape index (κ3) is 2.00. The van der Waals surface area contributed by atoms with E-state index in [0.29, 0.717) is 30.5 Å². The highest BCUT2D eigenvalue weighted by Gasteiger charge is 2.24. The van der Waals surface area contributed by atoms with E-state index in [1.54, 1.807) is 0 Å². The Kier molecular flexibility index (Phi) is 2.83. The maximum absolute atomic E-state index is 11.8. The van der Waals surface area contributed by atoms with Crippen LogP contribution in [0.25, 0.3) is 0 Å². The molecule has 0 fully saturated rings. The van der Waals surface area contributed by atoms with E-state index in [-0.39, 0.29) is 16.9 Å². The molecule has 90 valence electrons. The van der Waals surface area contributed by atoms with Gasteiger partial charge in [0.1, 0.15) is 0 Å². The van der Waals surface area contributed by atoms with Crippen LogP contribution in [0.15, 0.2) is 10.9 Å². The number of H-pyrrole nitrogens is 1. The zero-order chi connectivity index (χ0) is 12.6. The topological polar surface area (TPSA) is 90.1 Å². The second-order valence-electron chi connectivity index (χ2n) is 4.26. The maximum atomic E-state index is 11.8. The number of Topliss-reactive ketones (excluding diaryl/α,β-unsaturated/α-hetero) is 1. The normalized spacial score (nSPS) is 16.4. The quantitative estimate of drug-likeness (QED) is 0.763. The molecule has 2 rings (SSSR count). The first-order valence-corrected chi connectivity index (χ1v) is 5.51. The molecular formula is C12H12NO4-. The fourth-order valence-electron chi connectivity index (χ4n) is 2.17. The number of fused-ring (bicyclic) bond motifs is 1. The molecular weight excluding hydrogens is 222 g/mol. The Bertz CT molecular complexity index is 544. The van der Waals surface area contributed by atoms with Gasteiger partial charge in [-0.1, -0.05) is 6.92 Å². The highest BCUT2D eigenvalue weighted by Crippen LogP contribution is 2.26. The molecule has 0 aliphatic heterocycles. The second kappa shape index (κ2) is 4.16. The largest absolute Gasteiger partial charge is 0.550 e. The van der Waals surface area contributed by atoms with E-state index in [9.17, 15) is 19.5 Å². The summed E-state index contributed by atoms with van der Waals surface area (Å²) in [5, 5.41) is 10.9. The van der Waals surface area contributed by atoms with E-state index < -0.39 is 11.9 Å². The number of rotatable bonds is 2. The van der Waals surface area contributed by atoms with Crippen molar-refractivity contribution in [2.75, 3.05) is 0 Å². The molecule has 0 saturated carbocycles. The van der Waals surface area contributed by atoms with Gasteiger partial charge in [0.15, 0.2) is 5.78 Å². The Labute approximate surface area is 97.5 Å². The molecule has 0 radical (unpaired) electrons. The first kappa shape index (κ1) is 11.6. The highest BCUT2D eigenvalue weighted by atomic mass is 16.4. The van der Waals surface area contributed by atoms with Gasteiger partial charge in [0.2, 0.25) is 5.56 Å². The summed E-state index contributed by atoms with van der Waals surface area (Å²) in [6.07, 6.45) is 1.68. The minimum atomic E-state index is -1.28. The van der Waals surface area contributed by atoms with Crippen LogP contribution < -0.4 is 10.7 Å². The number of carboxylic acid groups (broad SMARTS) is 1. The van der Waals surface area contributed by atoms with E-state index in [0.717, 1.165) is 0 Å². The van der Waals surface area contributed by atoms with Crippen LogP contribution in [0.5, 0.6) is 0 Å². The van der Waals surface area contributed by atoms with Crippen molar-refractivity contribution in [1.29, 1.82) is 0 Å². The molecule has 0 spiro atoms. The summed E-state index contributed by atoms with van der Waals surface area (Å²) in [5.74, 6) is -2.34. The first-order chi connectivity index (χ1) is 8.00. The molecule has 0 aromatic carbocycles. The molecule has 1 atom stereocenters. The molecule has 5 heteroatoms. The number of pyridine rings is 1. The van der Waals surface area contributed by atoms with Gasteiger partial charge in [-0.15, -0.1) is 0 Å². The van der Waals surface area contributed by atoms with Crippen LogP contribution in [0, 0.1) is 0 Å². The molecule has 1 heterocycles. The summed E-state index contributed by atoms with van der Waals surface area (Å²) in [7, 11) is 0. The fraction of sp³-hybridized carbons (Fsp3) is 0.417. The number of aromatic nitrogens is 1. The van der Waals surface area contributed by atoms with Crippen LogP contribution in [0.2, 0.25) is 0 Å². The minimum Gasteiger partial charge on any atom is -0.550 e. The van der Waals surface area contributed by atoms with Gasteiger partial charge in [-0.3, -0.25) is 9.59 Å². The molecule has 1 aliphatic rings. The van der Waals surface area contributed by atoms with Crippen LogP contribution in [-0.2, 0) is 11.2 Å². The zero-order valence-corrected chi connectivity index (χ0v) is 9.41. The lowest BCUT2D eigenvalue weighted by molar-refractivity contribution is -0.307. The standard InChI is InChI=1S/C12H13NO4/c1-6(12(16)17)7-5-10(15)13-8-3-2-4-9(14)11(7)8/h5-6H,2-4H2,1H3,(H,13,15)(H,16,17)/p-1. The number of carboxylic acids is 1. The van der Waals surface area contributed by atoms with Gasteiger partial charge in [0.25, 0.3) is 0 Å². The Morgan fingerprint density at radius 1 is 1.41 bits per heavy atom. The highest BCUT2D eigenvalue weighted by molar-refractivity contribution is 6.00. The number of carbonyl (C=O) groups is 2. The van der Waals surface area contributed by atoms with Gasteiger partial charge in [-0.05, 0) is 18.4 Å². The van der Waals surface area contributed by atoms with Crippen LogP contribution in [-0.4, -0.2) is 16.7 Å². The molecule has 0 amide bonds. The predicted molar refractivity (Wildman–Crippen MR) is 57.8 cm³/mol. The number of hydrogen-bond acceptors (Lipinski definition) is 4. The third-order valence-corrected chi connectivity index (χ3v) is 3.08. The summed E-state index contributed by atoms with van der Waals surface area (Å²) in [5.41, 5.74) is 0.819. The van der Waals surface area contributed by atoms with Crippen LogP contribution >= 0.6 is 0 Å². The van der Waals surface area contributed by atoms with Crippen molar-refractivity contribution in [2.24, 2.45) is 0 Å². The number of ketones is 1. The number of hydrogen-bond donors (Lipinski definition) is 1. The van der Waals surface area contributed by atoms with E-state index in [4.69, 9.17) is 0 Å². The van der Waals surface area contributed by atoms with Crippen LogP contribution in [0.1, 0.15) is 47.3 Å². The summed E-state index contributed by atoms with van der Waals surface area (Å²) in [6, 6.07) is 1.18. The zero-order valence-electron chi connectivity index (χ0n) is 9.41. The van der Waals surface area contributed by atoms with E-state index in [1.807, 2.05) is 0 Å². The van der Waals surface area contributed by atoms with Gasteiger partial charge in [-0.2, -0.15) is 0 Å². The SMILES string of the molecule is CC(C(=O)[O-])c1cc(=O)[nH]c2c1C(=O)CCC2. The maximum Gasteiger partial charge on any atom is 0.248 e. The van der Waals surface area contributed by atoms with Crippen molar-refractivity contribution in [3.05, 3.63) is 33.2 Å².